The first-order valence-corrected chi connectivity index (χ1v) is 7.16. The number of ketones is 1. The van der Waals surface area contributed by atoms with E-state index < -0.39 is 0 Å². The summed E-state index contributed by atoms with van der Waals surface area (Å²) in [6.45, 7) is 5.02. The number of nitrogens with zero attached hydrogens (tertiary/aromatic N) is 1. The summed E-state index contributed by atoms with van der Waals surface area (Å²) in [5.74, 6) is 0.907. The zero-order valence-electron chi connectivity index (χ0n) is 11.7. The zero-order valence-corrected chi connectivity index (χ0v) is 11.7. The molecule has 2 rings (SSSR count). The molecule has 2 heteroatoms. The Balaban J connectivity index is 1.73. The highest BCUT2D eigenvalue weighted by Gasteiger charge is 2.16. The van der Waals surface area contributed by atoms with Crippen LogP contribution in [0.5, 0.6) is 0 Å². The highest BCUT2D eigenvalue weighted by molar-refractivity contribution is 5.76. The maximum Gasteiger partial charge on any atom is 0.133 e. The standard InChI is InChI=1S/C17H23NO/c1-15(19)6-5-9-16-10-12-18(13-11-16)14-17-7-3-2-4-8-17/h2-5,7-9,16H,6,10-14H2,1H3. The van der Waals surface area contributed by atoms with Crippen LogP contribution < -0.4 is 0 Å². The minimum Gasteiger partial charge on any atom is -0.300 e. The molecule has 1 aromatic rings. The largest absolute Gasteiger partial charge is 0.300 e. The topological polar surface area (TPSA) is 20.3 Å². The summed E-state index contributed by atoms with van der Waals surface area (Å²) in [5, 5.41) is 0. The minimum atomic E-state index is 0.248. The first kappa shape index (κ1) is 14.0. The average Bonchev–Trinajstić information content (AvgIpc) is 2.42. The molecule has 0 bridgehead atoms. The van der Waals surface area contributed by atoms with Gasteiger partial charge in [0.15, 0.2) is 0 Å². The fourth-order valence-electron chi connectivity index (χ4n) is 2.57. The minimum absolute atomic E-state index is 0.248. The van der Waals surface area contributed by atoms with Crippen LogP contribution in [-0.4, -0.2) is 23.8 Å². The lowest BCUT2D eigenvalue weighted by Gasteiger charge is -2.30. The Morgan fingerprint density at radius 1 is 1.26 bits per heavy atom. The Bertz CT molecular complexity index is 416. The van der Waals surface area contributed by atoms with Crippen molar-refractivity contribution >= 4 is 5.78 Å². The molecule has 102 valence electrons. The van der Waals surface area contributed by atoms with Crippen molar-refractivity contribution in [3.8, 4) is 0 Å². The van der Waals surface area contributed by atoms with Crippen LogP contribution in [-0.2, 0) is 11.3 Å². The maximum absolute atomic E-state index is 10.9. The van der Waals surface area contributed by atoms with Gasteiger partial charge in [0.1, 0.15) is 5.78 Å². The van der Waals surface area contributed by atoms with Gasteiger partial charge in [-0.05, 0) is 44.3 Å². The number of hydrogen-bond donors (Lipinski definition) is 0. The van der Waals surface area contributed by atoms with Crippen LogP contribution in [0.3, 0.4) is 0 Å². The number of hydrogen-bond acceptors (Lipinski definition) is 2. The number of benzene rings is 1. The summed E-state index contributed by atoms with van der Waals surface area (Å²) >= 11 is 0. The van der Waals surface area contributed by atoms with E-state index in [1.165, 1.54) is 18.4 Å². The molecule has 0 saturated carbocycles. The van der Waals surface area contributed by atoms with Crippen molar-refractivity contribution in [2.24, 2.45) is 5.92 Å². The van der Waals surface area contributed by atoms with Gasteiger partial charge in [-0.15, -0.1) is 0 Å². The summed E-state index contributed by atoms with van der Waals surface area (Å²) in [5.41, 5.74) is 1.40. The van der Waals surface area contributed by atoms with Crippen molar-refractivity contribution < 1.29 is 4.79 Å². The number of Topliss-reactive ketones (excluding diaryl/α,β-unsaturated/α-hetero) is 1. The van der Waals surface area contributed by atoms with Crippen LogP contribution in [0.2, 0.25) is 0 Å². The van der Waals surface area contributed by atoms with Crippen LogP contribution in [0.15, 0.2) is 42.5 Å². The Morgan fingerprint density at radius 2 is 1.95 bits per heavy atom. The molecule has 1 aliphatic heterocycles. The van der Waals surface area contributed by atoms with Crippen LogP contribution in [0.1, 0.15) is 31.7 Å². The third-order valence-electron chi connectivity index (χ3n) is 3.69. The monoisotopic (exact) mass is 257 g/mol. The first-order valence-electron chi connectivity index (χ1n) is 7.16. The molecule has 1 saturated heterocycles. The first-order chi connectivity index (χ1) is 9.24. The van der Waals surface area contributed by atoms with E-state index in [1.807, 2.05) is 6.08 Å². The third kappa shape index (κ3) is 4.99. The summed E-state index contributed by atoms with van der Waals surface area (Å²) in [4.78, 5) is 13.4. The fourth-order valence-corrected chi connectivity index (χ4v) is 2.57. The maximum atomic E-state index is 10.9. The fraction of sp³-hybridized carbons (Fsp3) is 0.471. The molecule has 0 unspecified atom stereocenters. The van der Waals surface area contributed by atoms with E-state index in [1.54, 1.807) is 6.92 Å². The van der Waals surface area contributed by atoms with E-state index in [4.69, 9.17) is 0 Å². The van der Waals surface area contributed by atoms with E-state index in [2.05, 4.69) is 41.3 Å². The number of carbonyl (C=O) groups is 1. The zero-order chi connectivity index (χ0) is 13.5. The van der Waals surface area contributed by atoms with Gasteiger partial charge in [-0.3, -0.25) is 9.69 Å². The van der Waals surface area contributed by atoms with Gasteiger partial charge in [-0.1, -0.05) is 42.5 Å². The van der Waals surface area contributed by atoms with Gasteiger partial charge in [0.25, 0.3) is 0 Å². The molecular formula is C17H23NO. The Morgan fingerprint density at radius 3 is 2.58 bits per heavy atom. The Kier molecular flexibility index (Phi) is 5.34. The lowest BCUT2D eigenvalue weighted by atomic mass is 9.95. The lowest BCUT2D eigenvalue weighted by Crippen LogP contribution is -2.32. The molecule has 1 aliphatic rings. The summed E-state index contributed by atoms with van der Waals surface area (Å²) in [6.07, 6.45) is 7.29. The van der Waals surface area contributed by atoms with E-state index in [-0.39, 0.29) is 5.78 Å². The van der Waals surface area contributed by atoms with Crippen molar-refractivity contribution in [1.82, 2.24) is 4.90 Å². The normalized spacial score (nSPS) is 17.9. The highest BCUT2D eigenvalue weighted by atomic mass is 16.1. The summed E-state index contributed by atoms with van der Waals surface area (Å²) < 4.78 is 0. The lowest BCUT2D eigenvalue weighted by molar-refractivity contribution is -0.116. The average molecular weight is 257 g/mol. The smallest absolute Gasteiger partial charge is 0.133 e. The number of carbonyl (C=O) groups excluding carboxylic acids is 1. The van der Waals surface area contributed by atoms with Gasteiger partial charge >= 0.3 is 0 Å². The molecule has 0 aromatic heterocycles. The SMILES string of the molecule is CC(=O)CC=CC1CCN(Cc2ccccc2)CC1. The second-order valence-corrected chi connectivity index (χ2v) is 5.43. The van der Waals surface area contributed by atoms with Crippen LogP contribution in [0.4, 0.5) is 0 Å². The van der Waals surface area contributed by atoms with Gasteiger partial charge < -0.3 is 0 Å². The van der Waals surface area contributed by atoms with Crippen molar-refractivity contribution in [2.45, 2.75) is 32.7 Å². The van der Waals surface area contributed by atoms with Crippen molar-refractivity contribution in [3.63, 3.8) is 0 Å². The van der Waals surface area contributed by atoms with Crippen molar-refractivity contribution in [1.29, 1.82) is 0 Å². The predicted octanol–water partition coefficient (Wildman–Crippen LogP) is 3.43. The summed E-state index contributed by atoms with van der Waals surface area (Å²) in [7, 11) is 0. The molecule has 1 heterocycles. The van der Waals surface area contributed by atoms with Gasteiger partial charge in [0.05, 0.1) is 0 Å². The van der Waals surface area contributed by atoms with Gasteiger partial charge in [0, 0.05) is 13.0 Å². The van der Waals surface area contributed by atoms with E-state index >= 15 is 0 Å². The van der Waals surface area contributed by atoms with Crippen LogP contribution >= 0.6 is 0 Å². The van der Waals surface area contributed by atoms with Crippen molar-refractivity contribution in [3.05, 3.63) is 48.0 Å². The molecule has 1 aromatic carbocycles. The molecule has 0 amide bonds. The molecule has 1 fully saturated rings. The number of rotatable bonds is 5. The van der Waals surface area contributed by atoms with E-state index in [0.717, 1.165) is 19.6 Å². The summed E-state index contributed by atoms with van der Waals surface area (Å²) in [6, 6.07) is 10.7. The number of piperidine rings is 1. The molecular weight excluding hydrogens is 234 g/mol. The molecule has 0 atom stereocenters. The van der Waals surface area contributed by atoms with Gasteiger partial charge in [0.2, 0.25) is 0 Å². The van der Waals surface area contributed by atoms with Crippen LogP contribution in [0.25, 0.3) is 0 Å². The second-order valence-electron chi connectivity index (χ2n) is 5.43. The van der Waals surface area contributed by atoms with Gasteiger partial charge in [-0.25, -0.2) is 0 Å². The van der Waals surface area contributed by atoms with E-state index in [9.17, 15) is 4.79 Å². The Labute approximate surface area is 116 Å². The number of likely N-dealkylation sites (tertiary alicyclic amines) is 1. The number of allylic oxidation sites excluding steroid dienone is 2. The molecule has 0 spiro atoms. The van der Waals surface area contributed by atoms with E-state index in [0.29, 0.717) is 12.3 Å². The van der Waals surface area contributed by atoms with Crippen LogP contribution in [0, 0.1) is 5.92 Å². The molecule has 0 aliphatic carbocycles. The molecule has 0 N–H and O–H groups in total. The van der Waals surface area contributed by atoms with Crippen molar-refractivity contribution in [2.75, 3.05) is 13.1 Å². The molecule has 2 nitrogen and oxygen atoms in total. The second kappa shape index (κ2) is 7.25. The third-order valence-corrected chi connectivity index (χ3v) is 3.69. The molecule has 0 radical (unpaired) electrons. The van der Waals surface area contributed by atoms with Gasteiger partial charge in [-0.2, -0.15) is 0 Å². The highest BCUT2D eigenvalue weighted by Crippen LogP contribution is 2.20. The Hall–Kier alpha value is -1.41. The molecule has 19 heavy (non-hydrogen) atoms. The quantitative estimate of drug-likeness (QED) is 0.753. The predicted molar refractivity (Wildman–Crippen MR) is 78.9 cm³/mol.